The molecule has 2 heterocycles. The summed E-state index contributed by atoms with van der Waals surface area (Å²) in [5.74, 6) is 1.79. The molecular weight excluding hydrogens is 418 g/mol. The smallest absolute Gasteiger partial charge is 0.265 e. The molecule has 0 saturated heterocycles. The van der Waals surface area contributed by atoms with Gasteiger partial charge in [-0.25, -0.2) is 4.98 Å². The summed E-state index contributed by atoms with van der Waals surface area (Å²) in [4.78, 5) is 30.4. The third-order valence-corrected chi connectivity index (χ3v) is 5.74. The molecule has 3 aromatic carbocycles. The highest BCUT2D eigenvalue weighted by molar-refractivity contribution is 5.94. The Bertz CT molecular complexity index is 1410. The van der Waals surface area contributed by atoms with Gasteiger partial charge in [0, 0.05) is 5.56 Å². The second-order valence-electron chi connectivity index (χ2n) is 7.96. The second kappa shape index (κ2) is 8.43. The molecule has 0 bridgehead atoms. The summed E-state index contributed by atoms with van der Waals surface area (Å²) < 4.78 is 12.7. The number of benzene rings is 3. The quantitative estimate of drug-likeness (QED) is 0.519. The predicted octanol–water partition coefficient (Wildman–Crippen LogP) is 3.96. The molecular formula is C26H23N3O4. The van der Waals surface area contributed by atoms with Crippen molar-refractivity contribution in [2.24, 2.45) is 0 Å². The van der Waals surface area contributed by atoms with Gasteiger partial charge in [-0.3, -0.25) is 14.2 Å². The normalized spacial score (nSPS) is 13.5. The maximum Gasteiger partial charge on any atom is 0.265 e. The van der Waals surface area contributed by atoms with E-state index in [4.69, 9.17) is 9.47 Å². The summed E-state index contributed by atoms with van der Waals surface area (Å²) >= 11 is 0. The van der Waals surface area contributed by atoms with Crippen molar-refractivity contribution in [3.63, 3.8) is 0 Å². The van der Waals surface area contributed by atoms with Gasteiger partial charge in [0.05, 0.1) is 22.6 Å². The number of carbonyl (C=O) groups is 1. The lowest BCUT2D eigenvalue weighted by molar-refractivity contribution is 0.0939. The number of rotatable bonds is 4. The molecule has 0 aliphatic carbocycles. The van der Waals surface area contributed by atoms with Crippen LogP contribution in [0.2, 0.25) is 0 Å². The molecule has 7 nitrogen and oxygen atoms in total. The standard InChI is InChI=1S/C26H23N3O4/c1-16(19-9-12-23-24(15-19)33-14-13-32-23)27-25(30)18-7-10-20(11-8-18)29-17(2)28-22-6-4-3-5-21(22)26(29)31/h3-12,15-16H,13-14H2,1-2H3,(H,27,30). The van der Waals surface area contributed by atoms with Crippen molar-refractivity contribution in [2.75, 3.05) is 13.2 Å². The molecule has 4 aromatic rings. The molecule has 0 radical (unpaired) electrons. The Kier molecular flexibility index (Phi) is 5.30. The van der Waals surface area contributed by atoms with Gasteiger partial charge in [-0.05, 0) is 67.9 Å². The number of nitrogens with zero attached hydrogens (tertiary/aromatic N) is 2. The molecule has 0 saturated carbocycles. The fraction of sp³-hybridized carbons (Fsp3) is 0.192. The third kappa shape index (κ3) is 3.93. The molecule has 1 unspecified atom stereocenters. The van der Waals surface area contributed by atoms with Gasteiger partial charge < -0.3 is 14.8 Å². The Morgan fingerprint density at radius 2 is 1.73 bits per heavy atom. The first kappa shape index (κ1) is 20.8. The van der Waals surface area contributed by atoms with Gasteiger partial charge in [0.1, 0.15) is 19.0 Å². The van der Waals surface area contributed by atoms with Crippen LogP contribution >= 0.6 is 0 Å². The Morgan fingerprint density at radius 3 is 2.52 bits per heavy atom. The lowest BCUT2D eigenvalue weighted by Crippen LogP contribution is -2.27. The van der Waals surface area contributed by atoms with E-state index in [1.54, 1.807) is 41.8 Å². The van der Waals surface area contributed by atoms with Crippen LogP contribution < -0.4 is 20.3 Å². The maximum absolute atomic E-state index is 13.0. The van der Waals surface area contributed by atoms with E-state index >= 15 is 0 Å². The lowest BCUT2D eigenvalue weighted by atomic mass is 10.1. The fourth-order valence-electron chi connectivity index (χ4n) is 4.00. The van der Waals surface area contributed by atoms with Gasteiger partial charge in [0.15, 0.2) is 11.5 Å². The molecule has 1 amide bonds. The molecule has 0 spiro atoms. The van der Waals surface area contributed by atoms with Crippen molar-refractivity contribution < 1.29 is 14.3 Å². The zero-order valence-electron chi connectivity index (χ0n) is 18.4. The van der Waals surface area contributed by atoms with E-state index in [1.807, 2.05) is 43.3 Å². The number of hydrogen-bond acceptors (Lipinski definition) is 5. The first-order chi connectivity index (χ1) is 16.0. The number of aromatic nitrogens is 2. The van der Waals surface area contributed by atoms with Crippen LogP contribution in [0.15, 0.2) is 71.5 Å². The SMILES string of the molecule is Cc1nc2ccccc2c(=O)n1-c1ccc(C(=O)NC(C)c2ccc3c(c2)OCCO3)cc1. The summed E-state index contributed by atoms with van der Waals surface area (Å²) in [7, 11) is 0. The van der Waals surface area contributed by atoms with Crippen LogP contribution in [-0.4, -0.2) is 28.7 Å². The Hall–Kier alpha value is -4.13. The average molecular weight is 441 g/mol. The minimum atomic E-state index is -0.220. The van der Waals surface area contributed by atoms with Crippen molar-refractivity contribution in [3.05, 3.63) is 94.0 Å². The number of fused-ring (bicyclic) bond motifs is 2. The van der Waals surface area contributed by atoms with Gasteiger partial charge in [-0.1, -0.05) is 18.2 Å². The van der Waals surface area contributed by atoms with Crippen molar-refractivity contribution in [1.29, 1.82) is 0 Å². The highest BCUT2D eigenvalue weighted by atomic mass is 16.6. The van der Waals surface area contributed by atoms with Gasteiger partial charge in [-0.15, -0.1) is 0 Å². The lowest BCUT2D eigenvalue weighted by Gasteiger charge is -2.21. The number of ether oxygens (including phenoxy) is 2. The predicted molar refractivity (Wildman–Crippen MR) is 125 cm³/mol. The monoisotopic (exact) mass is 441 g/mol. The van der Waals surface area contributed by atoms with Gasteiger partial charge in [0.2, 0.25) is 0 Å². The minimum absolute atomic E-state index is 0.137. The van der Waals surface area contributed by atoms with E-state index < -0.39 is 0 Å². The van der Waals surface area contributed by atoms with Gasteiger partial charge in [-0.2, -0.15) is 0 Å². The van der Waals surface area contributed by atoms with E-state index in [-0.39, 0.29) is 17.5 Å². The van der Waals surface area contributed by atoms with Crippen LogP contribution in [0.25, 0.3) is 16.6 Å². The van der Waals surface area contributed by atoms with Crippen molar-refractivity contribution >= 4 is 16.8 Å². The molecule has 1 atom stereocenters. The Labute approximate surface area is 190 Å². The van der Waals surface area contributed by atoms with Gasteiger partial charge >= 0.3 is 0 Å². The summed E-state index contributed by atoms with van der Waals surface area (Å²) in [5.41, 5.74) is 2.62. The summed E-state index contributed by atoms with van der Waals surface area (Å²) in [6.45, 7) is 4.76. The minimum Gasteiger partial charge on any atom is -0.486 e. The van der Waals surface area contributed by atoms with E-state index in [0.29, 0.717) is 52.7 Å². The highest BCUT2D eigenvalue weighted by Crippen LogP contribution is 2.32. The van der Waals surface area contributed by atoms with Crippen LogP contribution in [0.3, 0.4) is 0 Å². The highest BCUT2D eigenvalue weighted by Gasteiger charge is 2.17. The number of aryl methyl sites for hydroxylation is 1. The molecule has 0 fully saturated rings. The summed E-state index contributed by atoms with van der Waals surface area (Å²) in [5, 5.41) is 3.56. The van der Waals surface area contributed by atoms with Crippen LogP contribution in [0, 0.1) is 6.92 Å². The van der Waals surface area contributed by atoms with E-state index in [0.717, 1.165) is 5.56 Å². The molecule has 1 aliphatic rings. The van der Waals surface area contributed by atoms with E-state index in [9.17, 15) is 9.59 Å². The van der Waals surface area contributed by atoms with Crippen LogP contribution in [-0.2, 0) is 0 Å². The van der Waals surface area contributed by atoms with Crippen LogP contribution in [0.1, 0.15) is 34.7 Å². The zero-order chi connectivity index (χ0) is 22.9. The fourth-order valence-corrected chi connectivity index (χ4v) is 4.00. The second-order valence-corrected chi connectivity index (χ2v) is 7.96. The molecule has 1 N–H and O–H groups in total. The molecule has 1 aliphatic heterocycles. The van der Waals surface area contributed by atoms with Gasteiger partial charge in [0.25, 0.3) is 11.5 Å². The number of hydrogen-bond donors (Lipinski definition) is 1. The molecule has 1 aromatic heterocycles. The number of amides is 1. The zero-order valence-corrected chi connectivity index (χ0v) is 18.4. The first-order valence-electron chi connectivity index (χ1n) is 10.8. The topological polar surface area (TPSA) is 82.5 Å². The Morgan fingerprint density at radius 1 is 1.00 bits per heavy atom. The van der Waals surface area contributed by atoms with E-state index in [1.165, 1.54) is 0 Å². The van der Waals surface area contributed by atoms with Crippen molar-refractivity contribution in [3.8, 4) is 17.2 Å². The van der Waals surface area contributed by atoms with Crippen LogP contribution in [0.4, 0.5) is 0 Å². The number of para-hydroxylation sites is 1. The maximum atomic E-state index is 13.0. The summed E-state index contributed by atoms with van der Waals surface area (Å²) in [6, 6.07) is 19.7. The molecule has 7 heteroatoms. The largest absolute Gasteiger partial charge is 0.486 e. The molecule has 33 heavy (non-hydrogen) atoms. The number of carbonyl (C=O) groups excluding carboxylic acids is 1. The van der Waals surface area contributed by atoms with Crippen molar-refractivity contribution in [1.82, 2.24) is 14.9 Å². The molecule has 166 valence electrons. The average Bonchev–Trinajstić information content (AvgIpc) is 2.84. The Balaban J connectivity index is 1.36. The molecule has 5 rings (SSSR count). The van der Waals surface area contributed by atoms with Crippen molar-refractivity contribution in [2.45, 2.75) is 19.9 Å². The van der Waals surface area contributed by atoms with Crippen LogP contribution in [0.5, 0.6) is 11.5 Å². The van der Waals surface area contributed by atoms with E-state index in [2.05, 4.69) is 10.3 Å². The third-order valence-electron chi connectivity index (χ3n) is 5.74. The summed E-state index contributed by atoms with van der Waals surface area (Å²) in [6.07, 6.45) is 0. The number of nitrogens with one attached hydrogen (secondary N) is 1. The first-order valence-corrected chi connectivity index (χ1v) is 10.8.